The number of rotatable bonds is 1. The predicted octanol–water partition coefficient (Wildman–Crippen LogP) is 2.07. The van der Waals surface area contributed by atoms with Gasteiger partial charge < -0.3 is 4.90 Å². The number of hydrogen-bond donors (Lipinski definition) is 0. The van der Waals surface area contributed by atoms with E-state index in [0.29, 0.717) is 11.2 Å². The van der Waals surface area contributed by atoms with Crippen molar-refractivity contribution in [2.45, 2.75) is 13.0 Å². The number of anilines is 1. The SMILES string of the molecule is CC1CSCCN1c1cncc(Cl)n1. The lowest BCUT2D eigenvalue weighted by Gasteiger charge is -2.33. The molecule has 5 heteroatoms. The Hall–Kier alpha value is -0.480. The molecule has 0 amide bonds. The van der Waals surface area contributed by atoms with Crippen LogP contribution in [0.3, 0.4) is 0 Å². The van der Waals surface area contributed by atoms with Gasteiger partial charge in [0.2, 0.25) is 0 Å². The quantitative estimate of drug-likeness (QED) is 0.738. The van der Waals surface area contributed by atoms with E-state index in [-0.39, 0.29) is 0 Å². The second-order valence-corrected chi connectivity index (χ2v) is 4.85. The van der Waals surface area contributed by atoms with Crippen molar-refractivity contribution in [1.29, 1.82) is 0 Å². The number of thioether (sulfide) groups is 1. The zero-order valence-electron chi connectivity index (χ0n) is 7.98. The molecule has 1 fully saturated rings. The summed E-state index contributed by atoms with van der Waals surface area (Å²) >= 11 is 7.79. The van der Waals surface area contributed by atoms with Gasteiger partial charge >= 0.3 is 0 Å². The largest absolute Gasteiger partial charge is 0.351 e. The van der Waals surface area contributed by atoms with Crippen molar-refractivity contribution in [1.82, 2.24) is 9.97 Å². The Morgan fingerprint density at radius 2 is 2.43 bits per heavy atom. The Morgan fingerprint density at radius 1 is 1.57 bits per heavy atom. The van der Waals surface area contributed by atoms with Gasteiger partial charge in [-0.25, -0.2) is 4.98 Å². The van der Waals surface area contributed by atoms with E-state index in [2.05, 4.69) is 21.8 Å². The summed E-state index contributed by atoms with van der Waals surface area (Å²) in [5.74, 6) is 3.19. The van der Waals surface area contributed by atoms with Crippen LogP contribution in [0.2, 0.25) is 5.15 Å². The molecule has 0 saturated carbocycles. The van der Waals surface area contributed by atoms with Gasteiger partial charge in [0.05, 0.1) is 12.4 Å². The highest BCUT2D eigenvalue weighted by Gasteiger charge is 2.20. The van der Waals surface area contributed by atoms with E-state index in [1.54, 1.807) is 12.4 Å². The molecule has 0 aromatic carbocycles. The molecule has 0 spiro atoms. The van der Waals surface area contributed by atoms with E-state index >= 15 is 0 Å². The molecule has 1 aromatic heterocycles. The van der Waals surface area contributed by atoms with Crippen molar-refractivity contribution in [3.63, 3.8) is 0 Å². The first kappa shape index (κ1) is 10.1. The normalized spacial score (nSPS) is 22.4. The van der Waals surface area contributed by atoms with Gasteiger partial charge in [0.1, 0.15) is 11.0 Å². The van der Waals surface area contributed by atoms with Crippen molar-refractivity contribution in [3.05, 3.63) is 17.5 Å². The summed E-state index contributed by atoms with van der Waals surface area (Å²) in [6, 6.07) is 0.515. The van der Waals surface area contributed by atoms with Gasteiger partial charge in [0.15, 0.2) is 0 Å². The maximum Gasteiger partial charge on any atom is 0.149 e. The van der Waals surface area contributed by atoms with Gasteiger partial charge in [-0.15, -0.1) is 0 Å². The summed E-state index contributed by atoms with van der Waals surface area (Å²) in [6.07, 6.45) is 3.34. The number of hydrogen-bond acceptors (Lipinski definition) is 4. The number of aromatic nitrogens is 2. The Bertz CT molecular complexity index is 321. The third-order valence-corrected chi connectivity index (χ3v) is 3.63. The first-order chi connectivity index (χ1) is 6.77. The summed E-state index contributed by atoms with van der Waals surface area (Å²) in [4.78, 5) is 10.6. The topological polar surface area (TPSA) is 29.0 Å². The highest BCUT2D eigenvalue weighted by Crippen LogP contribution is 2.22. The molecule has 0 aliphatic carbocycles. The first-order valence-corrected chi connectivity index (χ1v) is 6.12. The van der Waals surface area contributed by atoms with E-state index in [1.807, 2.05) is 11.8 Å². The summed E-state index contributed by atoms with van der Waals surface area (Å²) in [6.45, 7) is 3.23. The average molecular weight is 230 g/mol. The van der Waals surface area contributed by atoms with Gasteiger partial charge in [-0.3, -0.25) is 4.98 Å². The van der Waals surface area contributed by atoms with Gasteiger partial charge in [-0.2, -0.15) is 11.8 Å². The zero-order valence-corrected chi connectivity index (χ0v) is 9.55. The van der Waals surface area contributed by atoms with E-state index in [9.17, 15) is 0 Å². The molecule has 14 heavy (non-hydrogen) atoms. The van der Waals surface area contributed by atoms with Crippen LogP contribution in [-0.4, -0.2) is 34.1 Å². The van der Waals surface area contributed by atoms with Crippen LogP contribution >= 0.6 is 23.4 Å². The van der Waals surface area contributed by atoms with Gasteiger partial charge in [-0.1, -0.05) is 11.6 Å². The smallest absolute Gasteiger partial charge is 0.149 e. The van der Waals surface area contributed by atoms with Crippen molar-refractivity contribution in [3.8, 4) is 0 Å². The van der Waals surface area contributed by atoms with Crippen molar-refractivity contribution in [2.24, 2.45) is 0 Å². The Kier molecular flexibility index (Phi) is 3.13. The van der Waals surface area contributed by atoms with Crippen LogP contribution in [0.4, 0.5) is 5.82 Å². The second-order valence-electron chi connectivity index (χ2n) is 3.32. The van der Waals surface area contributed by atoms with Gasteiger partial charge in [-0.05, 0) is 6.92 Å². The number of nitrogens with zero attached hydrogens (tertiary/aromatic N) is 3. The van der Waals surface area contributed by atoms with E-state index < -0.39 is 0 Å². The molecule has 0 bridgehead atoms. The summed E-state index contributed by atoms with van der Waals surface area (Å²) in [5.41, 5.74) is 0. The fraction of sp³-hybridized carbons (Fsp3) is 0.556. The molecular formula is C9H12ClN3S. The average Bonchev–Trinajstić information content (AvgIpc) is 2.18. The molecule has 0 N–H and O–H groups in total. The van der Waals surface area contributed by atoms with Crippen LogP contribution in [0, 0.1) is 0 Å². The van der Waals surface area contributed by atoms with Gasteiger partial charge in [0.25, 0.3) is 0 Å². The minimum Gasteiger partial charge on any atom is -0.351 e. The first-order valence-electron chi connectivity index (χ1n) is 4.59. The minimum atomic E-state index is 0.466. The fourth-order valence-corrected chi connectivity index (χ4v) is 2.69. The van der Waals surface area contributed by atoms with Crippen molar-refractivity contribution in [2.75, 3.05) is 23.0 Å². The van der Waals surface area contributed by atoms with E-state index in [0.717, 1.165) is 23.9 Å². The monoisotopic (exact) mass is 229 g/mol. The van der Waals surface area contributed by atoms with Crippen LogP contribution in [0.15, 0.2) is 12.4 Å². The molecule has 2 heterocycles. The lowest BCUT2D eigenvalue weighted by molar-refractivity contribution is 0.688. The standard InChI is InChI=1S/C9H12ClN3S/c1-7-6-14-3-2-13(7)9-5-11-4-8(10)12-9/h4-5,7H,2-3,6H2,1H3. The lowest BCUT2D eigenvalue weighted by Crippen LogP contribution is -2.40. The molecule has 76 valence electrons. The highest BCUT2D eigenvalue weighted by molar-refractivity contribution is 7.99. The van der Waals surface area contributed by atoms with Crippen LogP contribution in [0.25, 0.3) is 0 Å². The Balaban J connectivity index is 2.20. The molecule has 2 rings (SSSR count). The minimum absolute atomic E-state index is 0.466. The molecule has 1 aliphatic heterocycles. The Morgan fingerprint density at radius 3 is 3.14 bits per heavy atom. The molecule has 1 saturated heterocycles. The third kappa shape index (κ3) is 2.12. The maximum atomic E-state index is 5.81. The van der Waals surface area contributed by atoms with Gasteiger partial charge in [0, 0.05) is 24.1 Å². The lowest BCUT2D eigenvalue weighted by atomic mass is 10.3. The second kappa shape index (κ2) is 4.36. The molecule has 3 nitrogen and oxygen atoms in total. The van der Waals surface area contributed by atoms with Crippen molar-refractivity contribution >= 4 is 29.2 Å². The zero-order chi connectivity index (χ0) is 9.97. The third-order valence-electron chi connectivity index (χ3n) is 2.25. The van der Waals surface area contributed by atoms with Crippen LogP contribution in [0.5, 0.6) is 0 Å². The fourth-order valence-electron chi connectivity index (χ4n) is 1.54. The summed E-state index contributed by atoms with van der Waals surface area (Å²) in [5, 5.41) is 0.466. The highest BCUT2D eigenvalue weighted by atomic mass is 35.5. The van der Waals surface area contributed by atoms with E-state index in [1.165, 1.54) is 0 Å². The Labute approximate surface area is 92.9 Å². The van der Waals surface area contributed by atoms with Crippen LogP contribution in [-0.2, 0) is 0 Å². The van der Waals surface area contributed by atoms with Crippen LogP contribution < -0.4 is 4.90 Å². The maximum absolute atomic E-state index is 5.81. The number of halogens is 1. The molecule has 0 radical (unpaired) electrons. The molecular weight excluding hydrogens is 218 g/mol. The molecule has 1 atom stereocenters. The molecule has 1 unspecified atom stereocenters. The van der Waals surface area contributed by atoms with Crippen molar-refractivity contribution < 1.29 is 0 Å². The summed E-state index contributed by atoms with van der Waals surface area (Å²) < 4.78 is 0. The predicted molar refractivity (Wildman–Crippen MR) is 61.2 cm³/mol. The van der Waals surface area contributed by atoms with Crippen LogP contribution in [0.1, 0.15) is 6.92 Å². The summed E-state index contributed by atoms with van der Waals surface area (Å²) in [7, 11) is 0. The molecule has 1 aromatic rings. The molecule has 1 aliphatic rings. The van der Waals surface area contributed by atoms with E-state index in [4.69, 9.17) is 11.6 Å².